The fourth-order valence-corrected chi connectivity index (χ4v) is 1.14. The third-order valence-corrected chi connectivity index (χ3v) is 2.68. The van der Waals surface area contributed by atoms with Crippen LogP contribution in [0.3, 0.4) is 0 Å². The molecule has 0 aliphatic rings. The first-order valence-electron chi connectivity index (χ1n) is 3.21. The van der Waals surface area contributed by atoms with Gasteiger partial charge >= 0.3 is 10.2 Å². The van der Waals surface area contributed by atoms with Crippen LogP contribution in [0, 0.1) is 0 Å². The molecule has 0 spiro atoms. The van der Waals surface area contributed by atoms with Crippen LogP contribution in [0.2, 0.25) is 0 Å². The Morgan fingerprint density at radius 1 is 1.58 bits per heavy atom. The molecule has 68 valence electrons. The third-order valence-electron chi connectivity index (χ3n) is 1.23. The van der Waals surface area contributed by atoms with Gasteiger partial charge in [0.15, 0.2) is 0 Å². The Kier molecular flexibility index (Phi) is 2.34. The van der Waals surface area contributed by atoms with Crippen LogP contribution in [0.25, 0.3) is 0 Å². The molecule has 0 aliphatic carbocycles. The zero-order chi connectivity index (χ0) is 9.19. The molecule has 7 heteroatoms. The van der Waals surface area contributed by atoms with E-state index in [1.54, 1.807) is 0 Å². The first-order chi connectivity index (χ1) is 5.52. The van der Waals surface area contributed by atoms with Crippen molar-refractivity contribution in [3.8, 4) is 0 Å². The van der Waals surface area contributed by atoms with Crippen LogP contribution in [0.4, 0.5) is 5.69 Å². The molecule has 2 N–H and O–H groups in total. The number of aromatic amines is 1. The minimum Gasteiger partial charge on any atom is -0.284 e. The van der Waals surface area contributed by atoms with Gasteiger partial charge in [-0.25, -0.2) is 0 Å². The van der Waals surface area contributed by atoms with Crippen LogP contribution in [0.1, 0.15) is 0 Å². The van der Waals surface area contributed by atoms with Crippen molar-refractivity contribution in [2.75, 3.05) is 18.8 Å². The van der Waals surface area contributed by atoms with Gasteiger partial charge in [0.25, 0.3) is 0 Å². The topological polar surface area (TPSA) is 78.1 Å². The van der Waals surface area contributed by atoms with E-state index in [1.807, 2.05) is 0 Å². The van der Waals surface area contributed by atoms with Crippen molar-refractivity contribution in [1.29, 1.82) is 0 Å². The average Bonchev–Trinajstić information content (AvgIpc) is 2.38. The highest BCUT2D eigenvalue weighted by Gasteiger charge is 2.12. The second-order valence-electron chi connectivity index (χ2n) is 2.38. The van der Waals surface area contributed by atoms with E-state index in [1.165, 1.54) is 26.5 Å². The molecule has 0 radical (unpaired) electrons. The normalized spacial score (nSPS) is 11.9. The Balaban J connectivity index is 2.77. The van der Waals surface area contributed by atoms with Gasteiger partial charge in [0, 0.05) is 20.3 Å². The number of rotatable bonds is 3. The quantitative estimate of drug-likeness (QED) is 0.682. The van der Waals surface area contributed by atoms with Crippen LogP contribution >= 0.6 is 0 Å². The fraction of sp³-hybridized carbons (Fsp3) is 0.400. The second kappa shape index (κ2) is 3.11. The number of nitrogens with zero attached hydrogens (tertiary/aromatic N) is 2. The van der Waals surface area contributed by atoms with Crippen LogP contribution in [-0.4, -0.2) is 37.0 Å². The van der Waals surface area contributed by atoms with Crippen molar-refractivity contribution in [2.24, 2.45) is 0 Å². The van der Waals surface area contributed by atoms with Crippen molar-refractivity contribution in [2.45, 2.75) is 0 Å². The van der Waals surface area contributed by atoms with E-state index in [2.05, 4.69) is 14.9 Å². The van der Waals surface area contributed by atoms with Crippen LogP contribution in [0.15, 0.2) is 12.4 Å². The first kappa shape index (κ1) is 9.01. The number of aromatic nitrogens is 2. The van der Waals surface area contributed by atoms with E-state index < -0.39 is 10.2 Å². The lowest BCUT2D eigenvalue weighted by Gasteiger charge is -2.11. The molecular weight excluding hydrogens is 180 g/mol. The first-order valence-corrected chi connectivity index (χ1v) is 4.65. The Hall–Kier alpha value is -1.08. The van der Waals surface area contributed by atoms with Crippen molar-refractivity contribution in [3.63, 3.8) is 0 Å². The largest absolute Gasteiger partial charge is 0.301 e. The molecule has 0 saturated heterocycles. The van der Waals surface area contributed by atoms with E-state index in [-0.39, 0.29) is 0 Å². The van der Waals surface area contributed by atoms with Crippen LogP contribution in [-0.2, 0) is 10.2 Å². The van der Waals surface area contributed by atoms with E-state index in [9.17, 15) is 8.42 Å². The van der Waals surface area contributed by atoms with Gasteiger partial charge in [-0.15, -0.1) is 0 Å². The maximum atomic E-state index is 11.2. The summed E-state index contributed by atoms with van der Waals surface area (Å²) in [5.41, 5.74) is 0.420. The number of nitrogens with one attached hydrogen (secondary N) is 2. The highest BCUT2D eigenvalue weighted by atomic mass is 32.2. The smallest absolute Gasteiger partial charge is 0.284 e. The van der Waals surface area contributed by atoms with E-state index >= 15 is 0 Å². The predicted octanol–water partition coefficient (Wildman–Crippen LogP) is -0.372. The summed E-state index contributed by atoms with van der Waals surface area (Å²) >= 11 is 0. The summed E-state index contributed by atoms with van der Waals surface area (Å²) in [6.07, 6.45) is 2.85. The van der Waals surface area contributed by atoms with Gasteiger partial charge in [0.2, 0.25) is 0 Å². The Morgan fingerprint density at radius 3 is 2.67 bits per heavy atom. The summed E-state index contributed by atoms with van der Waals surface area (Å²) in [4.78, 5) is 0. The molecule has 6 nitrogen and oxygen atoms in total. The van der Waals surface area contributed by atoms with Crippen LogP contribution in [0.5, 0.6) is 0 Å². The minimum absolute atomic E-state index is 0.420. The molecule has 0 aromatic carbocycles. The zero-order valence-electron chi connectivity index (χ0n) is 6.77. The van der Waals surface area contributed by atoms with Gasteiger partial charge in [-0.05, 0) is 0 Å². The molecule has 0 saturated carbocycles. The maximum absolute atomic E-state index is 11.2. The van der Waals surface area contributed by atoms with Crippen molar-refractivity contribution < 1.29 is 8.42 Å². The number of H-pyrrole nitrogens is 1. The summed E-state index contributed by atoms with van der Waals surface area (Å²) in [6.45, 7) is 0. The molecule has 0 atom stereocenters. The predicted molar refractivity (Wildman–Crippen MR) is 44.8 cm³/mol. The molecule has 0 fully saturated rings. The molecular formula is C5H10N4O2S. The van der Waals surface area contributed by atoms with Gasteiger partial charge in [0.1, 0.15) is 0 Å². The van der Waals surface area contributed by atoms with Gasteiger partial charge in [-0.2, -0.15) is 17.8 Å². The summed E-state index contributed by atoms with van der Waals surface area (Å²) in [5.74, 6) is 0. The Labute approximate surface area is 70.8 Å². The zero-order valence-corrected chi connectivity index (χ0v) is 7.59. The second-order valence-corrected chi connectivity index (χ2v) is 4.26. The van der Waals surface area contributed by atoms with Gasteiger partial charge < -0.3 is 0 Å². The van der Waals surface area contributed by atoms with Gasteiger partial charge in [-0.3, -0.25) is 9.82 Å². The highest BCUT2D eigenvalue weighted by Crippen LogP contribution is 2.05. The highest BCUT2D eigenvalue weighted by molar-refractivity contribution is 7.90. The van der Waals surface area contributed by atoms with E-state index in [0.717, 1.165) is 4.31 Å². The number of anilines is 1. The summed E-state index contributed by atoms with van der Waals surface area (Å²) in [6, 6.07) is 0. The maximum Gasteiger partial charge on any atom is 0.301 e. The van der Waals surface area contributed by atoms with Crippen molar-refractivity contribution in [3.05, 3.63) is 12.4 Å². The Bertz CT molecular complexity index is 328. The molecule has 0 unspecified atom stereocenters. The molecule has 12 heavy (non-hydrogen) atoms. The Morgan fingerprint density at radius 2 is 2.25 bits per heavy atom. The van der Waals surface area contributed by atoms with E-state index in [4.69, 9.17) is 0 Å². The van der Waals surface area contributed by atoms with E-state index in [0.29, 0.717) is 5.69 Å². The lowest BCUT2D eigenvalue weighted by molar-refractivity contribution is 0.527. The molecule has 0 aliphatic heterocycles. The van der Waals surface area contributed by atoms with Crippen LogP contribution < -0.4 is 4.72 Å². The monoisotopic (exact) mass is 190 g/mol. The minimum atomic E-state index is -3.40. The lowest BCUT2D eigenvalue weighted by atomic mass is 10.6. The molecule has 0 amide bonds. The van der Waals surface area contributed by atoms with Crippen molar-refractivity contribution >= 4 is 15.9 Å². The summed E-state index contributed by atoms with van der Waals surface area (Å²) < 4.78 is 25.7. The number of hydrogen-bond acceptors (Lipinski definition) is 3. The molecule has 1 aromatic heterocycles. The SMILES string of the molecule is CN(C)S(=O)(=O)Nc1cn[nH]c1. The fourth-order valence-electron chi connectivity index (χ4n) is 0.547. The third kappa shape index (κ3) is 1.95. The summed E-state index contributed by atoms with van der Waals surface area (Å²) in [7, 11) is -0.504. The molecule has 1 heterocycles. The lowest BCUT2D eigenvalue weighted by Crippen LogP contribution is -2.28. The molecule has 1 aromatic rings. The van der Waals surface area contributed by atoms with Gasteiger partial charge in [0.05, 0.1) is 11.9 Å². The van der Waals surface area contributed by atoms with Crippen molar-refractivity contribution in [1.82, 2.24) is 14.5 Å². The average molecular weight is 190 g/mol. The summed E-state index contributed by atoms with van der Waals surface area (Å²) in [5, 5.41) is 6.09. The molecule has 1 rings (SSSR count). The standard InChI is InChI=1S/C5H10N4O2S/c1-9(2)12(10,11)8-5-3-6-7-4-5/h3-4,8H,1-2H3,(H,6,7). The molecule has 0 bridgehead atoms. The number of hydrogen-bond donors (Lipinski definition) is 2. The van der Waals surface area contributed by atoms with Gasteiger partial charge in [-0.1, -0.05) is 0 Å².